The number of nitrogens with zero attached hydrogens (tertiary/aromatic N) is 7. The summed E-state index contributed by atoms with van der Waals surface area (Å²) in [4.78, 5) is 45.5. The summed E-state index contributed by atoms with van der Waals surface area (Å²) in [5.41, 5.74) is 5.15. The summed E-state index contributed by atoms with van der Waals surface area (Å²) in [6.07, 6.45) is 4.82. The van der Waals surface area contributed by atoms with Gasteiger partial charge in [-0.1, -0.05) is 38.1 Å². The van der Waals surface area contributed by atoms with E-state index in [1.54, 1.807) is 21.9 Å². The van der Waals surface area contributed by atoms with E-state index in [9.17, 15) is 9.59 Å². The van der Waals surface area contributed by atoms with Crippen molar-refractivity contribution < 1.29 is 9.53 Å². The zero-order chi connectivity index (χ0) is 31.7. The lowest BCUT2D eigenvalue weighted by Crippen LogP contribution is -2.61. The van der Waals surface area contributed by atoms with Crippen LogP contribution in [0.4, 0.5) is 5.82 Å². The molecule has 11 nitrogen and oxygen atoms in total. The highest BCUT2D eigenvalue weighted by Gasteiger charge is 2.40. The van der Waals surface area contributed by atoms with Crippen molar-refractivity contribution in [1.82, 2.24) is 34.6 Å². The van der Waals surface area contributed by atoms with Gasteiger partial charge in [0, 0.05) is 36.3 Å². The number of amides is 1. The van der Waals surface area contributed by atoms with Crippen LogP contribution in [0.3, 0.4) is 0 Å². The molecule has 6 heterocycles. The third-order valence-electron chi connectivity index (χ3n) is 8.83. The maximum absolute atomic E-state index is 14.3. The first kappa shape index (κ1) is 29.0. The van der Waals surface area contributed by atoms with Crippen LogP contribution in [-0.2, 0) is 4.79 Å². The molecule has 0 aliphatic carbocycles. The highest BCUT2D eigenvalue weighted by atomic mass is 35.5. The third kappa shape index (κ3) is 4.40. The number of benzene rings is 1. The summed E-state index contributed by atoms with van der Waals surface area (Å²) in [6, 6.07) is 5.35. The molecule has 0 saturated carbocycles. The van der Waals surface area contributed by atoms with Gasteiger partial charge in [-0.3, -0.25) is 14.9 Å². The molecule has 230 valence electrons. The SMILES string of the molecule is C=CC(=O)N1CC(C)N2c3nc(=O)n(-c4c(C)ccnc4C(C)C)c4nc(-c5c(C)ccc6[nH]ncc56)c(Cl)c(c34)OCC2C1. The van der Waals surface area contributed by atoms with Gasteiger partial charge in [0.15, 0.2) is 11.4 Å². The van der Waals surface area contributed by atoms with Crippen LogP contribution in [0.2, 0.25) is 5.02 Å². The Morgan fingerprint density at radius 2 is 1.98 bits per heavy atom. The van der Waals surface area contributed by atoms with Gasteiger partial charge in [-0.15, -0.1) is 0 Å². The van der Waals surface area contributed by atoms with Crippen molar-refractivity contribution in [2.45, 2.75) is 52.6 Å². The number of aromatic amines is 1. The number of aryl methyl sites for hydroxylation is 2. The summed E-state index contributed by atoms with van der Waals surface area (Å²) in [5, 5.41) is 8.99. The Morgan fingerprint density at radius 3 is 2.73 bits per heavy atom. The number of hydrogen-bond donors (Lipinski definition) is 1. The number of pyridine rings is 2. The Hall–Kier alpha value is -4.77. The number of H-pyrrole nitrogens is 1. The van der Waals surface area contributed by atoms with Crippen molar-refractivity contribution in [3.63, 3.8) is 0 Å². The van der Waals surface area contributed by atoms with Crippen LogP contribution in [0.1, 0.15) is 43.5 Å². The molecule has 1 N–H and O–H groups in total. The summed E-state index contributed by atoms with van der Waals surface area (Å²) in [5.74, 6) is 0.689. The lowest BCUT2D eigenvalue weighted by atomic mass is 10.00. The summed E-state index contributed by atoms with van der Waals surface area (Å²) >= 11 is 7.28. The van der Waals surface area contributed by atoms with Gasteiger partial charge in [-0.2, -0.15) is 10.1 Å². The second-order valence-corrected chi connectivity index (χ2v) is 12.5. The van der Waals surface area contributed by atoms with E-state index in [0.29, 0.717) is 52.1 Å². The zero-order valence-electron chi connectivity index (χ0n) is 25.8. The van der Waals surface area contributed by atoms with E-state index in [1.807, 2.05) is 52.8 Å². The fourth-order valence-corrected chi connectivity index (χ4v) is 7.07. The highest BCUT2D eigenvalue weighted by molar-refractivity contribution is 6.36. The lowest BCUT2D eigenvalue weighted by Gasteiger charge is -2.45. The molecule has 4 aromatic heterocycles. The van der Waals surface area contributed by atoms with Crippen LogP contribution in [0.15, 0.2) is 48.0 Å². The summed E-state index contributed by atoms with van der Waals surface area (Å²) in [7, 11) is 0. The number of anilines is 1. The molecule has 0 spiro atoms. The average Bonchev–Trinajstić information content (AvgIpc) is 3.42. The molecule has 2 aliphatic rings. The molecule has 7 rings (SSSR count). The second-order valence-electron chi connectivity index (χ2n) is 12.1. The maximum atomic E-state index is 14.3. The summed E-state index contributed by atoms with van der Waals surface area (Å²) < 4.78 is 8.15. The monoisotopic (exact) mass is 624 g/mol. The Balaban J connectivity index is 1.60. The van der Waals surface area contributed by atoms with Crippen LogP contribution < -0.4 is 15.3 Å². The van der Waals surface area contributed by atoms with Gasteiger partial charge in [0.2, 0.25) is 5.91 Å². The lowest BCUT2D eigenvalue weighted by molar-refractivity contribution is -0.127. The largest absolute Gasteiger partial charge is 0.489 e. The van der Waals surface area contributed by atoms with Crippen LogP contribution in [0.25, 0.3) is 38.9 Å². The van der Waals surface area contributed by atoms with E-state index < -0.39 is 5.69 Å². The molecule has 2 aliphatic heterocycles. The van der Waals surface area contributed by atoms with Crippen LogP contribution >= 0.6 is 11.6 Å². The molecule has 0 bridgehead atoms. The molecule has 1 amide bonds. The molecule has 2 atom stereocenters. The second kappa shape index (κ2) is 10.7. The predicted molar refractivity (Wildman–Crippen MR) is 175 cm³/mol. The Morgan fingerprint density at radius 1 is 1.18 bits per heavy atom. The van der Waals surface area contributed by atoms with Crippen LogP contribution in [-0.4, -0.2) is 72.3 Å². The molecule has 45 heavy (non-hydrogen) atoms. The molecular formula is C33H33ClN8O3. The molecule has 0 radical (unpaired) electrons. The number of piperazine rings is 1. The van der Waals surface area contributed by atoms with E-state index in [2.05, 4.69) is 26.7 Å². The Bertz CT molecular complexity index is 2100. The van der Waals surface area contributed by atoms with Crippen molar-refractivity contribution in [3.8, 4) is 22.7 Å². The van der Waals surface area contributed by atoms with Gasteiger partial charge >= 0.3 is 5.69 Å². The van der Waals surface area contributed by atoms with E-state index >= 15 is 0 Å². The maximum Gasteiger partial charge on any atom is 0.355 e. The van der Waals surface area contributed by atoms with E-state index in [4.69, 9.17) is 26.3 Å². The minimum absolute atomic E-state index is 0.0153. The average molecular weight is 625 g/mol. The Kier molecular flexibility index (Phi) is 6.88. The van der Waals surface area contributed by atoms with Gasteiger partial charge in [-0.05, 0) is 56.0 Å². The van der Waals surface area contributed by atoms with E-state index in [0.717, 1.165) is 33.3 Å². The first-order valence-corrected chi connectivity index (χ1v) is 15.4. The first-order valence-electron chi connectivity index (χ1n) is 15.0. The number of hydrogen-bond acceptors (Lipinski definition) is 8. The molecule has 1 saturated heterocycles. The Labute approximate surface area is 264 Å². The van der Waals surface area contributed by atoms with E-state index in [1.165, 1.54) is 6.08 Å². The number of aromatic nitrogens is 6. The van der Waals surface area contributed by atoms with Crippen molar-refractivity contribution in [2.24, 2.45) is 0 Å². The van der Waals surface area contributed by atoms with Gasteiger partial charge in [0.25, 0.3) is 0 Å². The molecular weight excluding hydrogens is 592 g/mol. The molecule has 1 fully saturated rings. The van der Waals surface area contributed by atoms with Crippen LogP contribution in [0, 0.1) is 13.8 Å². The van der Waals surface area contributed by atoms with Crippen molar-refractivity contribution >= 4 is 45.3 Å². The fraction of sp³-hybridized carbons (Fsp3) is 0.333. The number of carbonyl (C=O) groups excluding carboxylic acids is 1. The van der Waals surface area contributed by atoms with Gasteiger partial charge in [0.1, 0.15) is 22.8 Å². The number of fused-ring (bicyclic) bond motifs is 3. The number of ether oxygens (including phenoxy) is 1. The minimum Gasteiger partial charge on any atom is -0.489 e. The van der Waals surface area contributed by atoms with Crippen molar-refractivity contribution in [2.75, 3.05) is 24.6 Å². The van der Waals surface area contributed by atoms with Gasteiger partial charge in [0.05, 0.1) is 34.8 Å². The number of nitrogens with one attached hydrogen (secondary N) is 1. The summed E-state index contributed by atoms with van der Waals surface area (Å²) in [6.45, 7) is 14.7. The standard InChI is InChI=1S/C33H33ClN8O3/c1-7-23(43)40-13-19(6)41-20(14-40)15-45-30-25-31(37-28(26(30)34)24-17(4)8-9-22-21(24)12-36-39-22)42(33(44)38-32(25)41)29-18(5)10-11-35-27(29)16(2)3/h7-12,16,19-20H,1,13-15H2,2-6H3,(H,36,39). The first-order chi connectivity index (χ1) is 21.6. The number of carbonyl (C=O) groups is 1. The minimum atomic E-state index is -0.488. The fourth-order valence-electron chi connectivity index (χ4n) is 6.78. The zero-order valence-corrected chi connectivity index (χ0v) is 26.5. The van der Waals surface area contributed by atoms with Gasteiger partial charge < -0.3 is 14.5 Å². The normalized spacial score (nSPS) is 17.8. The highest BCUT2D eigenvalue weighted by Crippen LogP contribution is 2.47. The van der Waals surface area contributed by atoms with Crippen LogP contribution in [0.5, 0.6) is 5.75 Å². The van der Waals surface area contributed by atoms with Gasteiger partial charge in [-0.25, -0.2) is 14.3 Å². The van der Waals surface area contributed by atoms with E-state index in [-0.39, 0.29) is 30.5 Å². The molecule has 5 aromatic rings. The van der Waals surface area contributed by atoms with Crippen molar-refractivity contribution in [3.05, 3.63) is 75.6 Å². The predicted octanol–water partition coefficient (Wildman–Crippen LogP) is 5.10. The quantitative estimate of drug-likeness (QED) is 0.274. The number of halogens is 1. The molecule has 1 aromatic carbocycles. The number of rotatable bonds is 4. The smallest absolute Gasteiger partial charge is 0.355 e. The third-order valence-corrected chi connectivity index (χ3v) is 9.18. The van der Waals surface area contributed by atoms with Crippen molar-refractivity contribution in [1.29, 1.82) is 0 Å². The topological polar surface area (TPSA) is 122 Å². The molecule has 2 unspecified atom stereocenters. The molecule has 12 heteroatoms.